The highest BCUT2D eigenvalue weighted by Gasteiger charge is 2.34. The first-order valence-electron chi connectivity index (χ1n) is 22.1. The molecule has 6 amide bonds. The molecule has 0 unspecified atom stereocenters. The van der Waals surface area contributed by atoms with Gasteiger partial charge in [-0.15, -0.1) is 0 Å². The molecule has 1 aliphatic carbocycles. The lowest BCUT2D eigenvalue weighted by molar-refractivity contribution is -0.132. The lowest BCUT2D eigenvalue weighted by Gasteiger charge is -2.33. The van der Waals surface area contributed by atoms with E-state index in [4.69, 9.17) is 11.5 Å². The van der Waals surface area contributed by atoms with Gasteiger partial charge in [-0.3, -0.25) is 19.2 Å². The second-order valence-corrected chi connectivity index (χ2v) is 17.0. The Morgan fingerprint density at radius 1 is 0.903 bits per heavy atom. The summed E-state index contributed by atoms with van der Waals surface area (Å²) in [5.41, 5.74) is 14.0. The van der Waals surface area contributed by atoms with Crippen molar-refractivity contribution in [3.63, 3.8) is 0 Å². The number of piperidine rings is 1. The van der Waals surface area contributed by atoms with Crippen LogP contribution < -0.4 is 38.1 Å². The number of amides is 6. The first kappa shape index (κ1) is 47.4. The molecule has 18 nitrogen and oxygen atoms in total. The minimum Gasteiger partial charge on any atom is -0.390 e. The molecule has 0 spiro atoms. The number of nitrogens with zero attached hydrogens (tertiary/aromatic N) is 4. The number of H-pyrrole nitrogens is 1. The molecule has 6 atom stereocenters. The highest BCUT2D eigenvalue weighted by atomic mass is 16.3. The van der Waals surface area contributed by atoms with E-state index in [-0.39, 0.29) is 49.5 Å². The number of aliphatic hydroxyl groups excluding tert-OH is 1. The fraction of sp³-hybridized carbons (Fsp3) is 0.591. The molecule has 18 heteroatoms. The van der Waals surface area contributed by atoms with Crippen molar-refractivity contribution in [2.45, 2.75) is 141 Å². The fourth-order valence-corrected chi connectivity index (χ4v) is 8.08. The largest absolute Gasteiger partial charge is 0.390 e. The number of aromatic nitrogens is 4. The van der Waals surface area contributed by atoms with Gasteiger partial charge in [0.15, 0.2) is 0 Å². The van der Waals surface area contributed by atoms with Crippen LogP contribution in [0.4, 0.5) is 10.6 Å². The summed E-state index contributed by atoms with van der Waals surface area (Å²) in [6.45, 7) is 6.47. The predicted molar refractivity (Wildman–Crippen MR) is 234 cm³/mol. The molecule has 3 heterocycles. The number of nitrogens with two attached hydrogens (primary N) is 2. The summed E-state index contributed by atoms with van der Waals surface area (Å²) >= 11 is 0. The lowest BCUT2D eigenvalue weighted by atomic mass is 9.83. The van der Waals surface area contributed by atoms with Crippen LogP contribution in [-0.2, 0) is 38.6 Å². The third-order valence-corrected chi connectivity index (χ3v) is 12.1. The number of carbonyl (C=O) groups excluding carboxylic acids is 5. The molecule has 0 bridgehead atoms. The van der Waals surface area contributed by atoms with E-state index in [1.165, 1.54) is 6.33 Å². The topological polar surface area (TPSA) is 275 Å². The molecule has 62 heavy (non-hydrogen) atoms. The lowest BCUT2D eigenvalue weighted by Crippen LogP contribution is -2.59. The number of aliphatic hydroxyl groups is 1. The Morgan fingerprint density at radius 3 is 2.26 bits per heavy atom. The normalized spacial score (nSPS) is 17.7. The number of carbonyl (C=O) groups is 5. The van der Waals surface area contributed by atoms with E-state index in [1.54, 1.807) is 24.2 Å². The summed E-state index contributed by atoms with van der Waals surface area (Å²) < 4.78 is 0. The zero-order chi connectivity index (χ0) is 44.6. The molecular formula is C44H66N12O6. The Labute approximate surface area is 364 Å². The van der Waals surface area contributed by atoms with E-state index in [9.17, 15) is 29.1 Å². The zero-order valence-electron chi connectivity index (χ0n) is 36.3. The number of imidazole rings is 1. The quantitative estimate of drug-likeness (QED) is 0.0792. The van der Waals surface area contributed by atoms with Crippen LogP contribution in [-0.4, -0.2) is 109 Å². The molecule has 338 valence electrons. The van der Waals surface area contributed by atoms with E-state index in [0.717, 1.165) is 37.7 Å². The first-order valence-corrected chi connectivity index (χ1v) is 22.1. The van der Waals surface area contributed by atoms with Gasteiger partial charge in [0.25, 0.3) is 0 Å². The number of aryl methyl sites for hydroxylation is 1. The molecule has 3 aromatic rings. The molecule has 2 fully saturated rings. The van der Waals surface area contributed by atoms with Crippen molar-refractivity contribution in [1.82, 2.24) is 51.4 Å². The maximum atomic E-state index is 14.4. The van der Waals surface area contributed by atoms with Crippen molar-refractivity contribution in [2.75, 3.05) is 18.8 Å². The third kappa shape index (κ3) is 14.5. The SMILES string of the molecule is CC[C@H](C)[C@H](NC(=O)C[C@H](O)[C@H](CC1CCCCC1)NC(=O)[C@H](Cc1cnc[nH]1)NC(=O)[C@H](Cc1ccccc1)NC(=O)N1CCC(N)CC1)C(=O)NCc1cnc(C)nc1N. The Kier molecular flexibility index (Phi) is 18.0. The maximum Gasteiger partial charge on any atom is 0.318 e. The summed E-state index contributed by atoms with van der Waals surface area (Å²) in [7, 11) is 0. The van der Waals surface area contributed by atoms with E-state index in [1.807, 2.05) is 44.2 Å². The number of nitrogens with one attached hydrogen (secondary N) is 6. The van der Waals surface area contributed by atoms with Gasteiger partial charge in [0.05, 0.1) is 24.9 Å². The van der Waals surface area contributed by atoms with Crippen LogP contribution in [0.2, 0.25) is 0 Å². The summed E-state index contributed by atoms with van der Waals surface area (Å²) in [4.78, 5) is 86.2. The Morgan fingerprint density at radius 2 is 1.60 bits per heavy atom. The van der Waals surface area contributed by atoms with Crippen LogP contribution in [0.5, 0.6) is 0 Å². The van der Waals surface area contributed by atoms with Gasteiger partial charge in [-0.05, 0) is 43.6 Å². The summed E-state index contributed by atoms with van der Waals surface area (Å²) in [5, 5.41) is 26.2. The number of urea groups is 1. The summed E-state index contributed by atoms with van der Waals surface area (Å²) in [6, 6.07) is 4.97. The van der Waals surface area contributed by atoms with Crippen molar-refractivity contribution in [1.29, 1.82) is 0 Å². The number of hydrogen-bond donors (Lipinski definition) is 9. The minimum absolute atomic E-state index is 0.0128. The molecule has 1 aromatic carbocycles. The van der Waals surface area contributed by atoms with Crippen LogP contribution in [0.3, 0.4) is 0 Å². The van der Waals surface area contributed by atoms with Crippen LogP contribution >= 0.6 is 0 Å². The van der Waals surface area contributed by atoms with Gasteiger partial charge in [-0.2, -0.15) is 0 Å². The predicted octanol–water partition coefficient (Wildman–Crippen LogP) is 1.92. The minimum atomic E-state index is -1.32. The number of anilines is 1. The Bertz CT molecular complexity index is 1900. The summed E-state index contributed by atoms with van der Waals surface area (Å²) in [5.74, 6) is -1.42. The third-order valence-electron chi connectivity index (χ3n) is 12.1. The van der Waals surface area contributed by atoms with Crippen LogP contribution in [0.15, 0.2) is 49.1 Å². The molecule has 2 aliphatic rings. The van der Waals surface area contributed by atoms with Crippen LogP contribution in [0.25, 0.3) is 0 Å². The van der Waals surface area contributed by atoms with Crippen molar-refractivity contribution in [3.8, 4) is 0 Å². The van der Waals surface area contributed by atoms with Crippen LogP contribution in [0, 0.1) is 18.8 Å². The highest BCUT2D eigenvalue weighted by Crippen LogP contribution is 2.28. The van der Waals surface area contributed by atoms with Crippen molar-refractivity contribution in [2.24, 2.45) is 17.6 Å². The van der Waals surface area contributed by atoms with Gasteiger partial charge in [0.2, 0.25) is 23.6 Å². The van der Waals surface area contributed by atoms with Crippen molar-refractivity contribution < 1.29 is 29.1 Å². The Hall–Kier alpha value is -5.62. The maximum absolute atomic E-state index is 14.4. The van der Waals surface area contributed by atoms with E-state index in [0.29, 0.717) is 55.9 Å². The zero-order valence-corrected chi connectivity index (χ0v) is 36.3. The van der Waals surface area contributed by atoms with Crippen molar-refractivity contribution in [3.05, 3.63) is 71.7 Å². The smallest absolute Gasteiger partial charge is 0.318 e. The molecule has 0 radical (unpaired) electrons. The molecule has 5 rings (SSSR count). The highest BCUT2D eigenvalue weighted by molar-refractivity contribution is 5.92. The van der Waals surface area contributed by atoms with Gasteiger partial charge in [-0.1, -0.05) is 82.7 Å². The number of hydrogen-bond acceptors (Lipinski definition) is 11. The first-order chi connectivity index (χ1) is 29.8. The molecule has 1 aliphatic heterocycles. The average Bonchev–Trinajstić information content (AvgIpc) is 3.78. The molecule has 2 aromatic heterocycles. The monoisotopic (exact) mass is 859 g/mol. The van der Waals surface area contributed by atoms with E-state index >= 15 is 0 Å². The molecular weight excluding hydrogens is 793 g/mol. The number of likely N-dealkylation sites (tertiary alicyclic amines) is 1. The van der Waals surface area contributed by atoms with Gasteiger partial charge < -0.3 is 53.0 Å². The Balaban J connectivity index is 1.31. The second-order valence-electron chi connectivity index (χ2n) is 17.0. The number of rotatable bonds is 20. The van der Waals surface area contributed by atoms with Gasteiger partial charge >= 0.3 is 6.03 Å². The fourth-order valence-electron chi connectivity index (χ4n) is 8.08. The standard InChI is InChI=1S/C44H66N12O6/c1-4-27(2)39(43(61)49-24-31-23-48-28(3)51-40(31)46)55-38(58)22-37(57)34(19-29-11-7-5-8-12-29)52-42(60)36(21-33-25-47-26-50-33)53-41(59)35(20-30-13-9-6-10-14-30)54-44(62)56-17-15-32(45)16-18-56/h6,9-10,13-14,23,25-27,29,32,34-37,39,57H,4-5,7-8,11-12,15-22,24,45H2,1-3H3,(H,47,50)(H,49,61)(H,52,60)(H,53,59)(H,54,62)(H,55,58)(H2,46,48,51)/t27-,34-,35-,36-,37-,39-/m0/s1. The second kappa shape index (κ2) is 23.6. The average molecular weight is 859 g/mol. The summed E-state index contributed by atoms with van der Waals surface area (Å²) in [6.07, 6.45) is 10.3. The number of benzene rings is 1. The van der Waals surface area contributed by atoms with Gasteiger partial charge in [0.1, 0.15) is 29.8 Å². The molecule has 11 N–H and O–H groups in total. The van der Waals surface area contributed by atoms with Gasteiger partial charge in [-0.25, -0.2) is 19.7 Å². The van der Waals surface area contributed by atoms with E-state index < -0.39 is 59.9 Å². The molecule has 1 saturated carbocycles. The van der Waals surface area contributed by atoms with Crippen molar-refractivity contribution >= 4 is 35.5 Å². The number of aromatic amines is 1. The van der Waals surface area contributed by atoms with Gasteiger partial charge in [0, 0.05) is 62.2 Å². The number of nitrogen functional groups attached to an aromatic ring is 1. The van der Waals surface area contributed by atoms with Crippen LogP contribution in [0.1, 0.15) is 101 Å². The molecule has 1 saturated heterocycles. The van der Waals surface area contributed by atoms with E-state index in [2.05, 4.69) is 46.5 Å².